The van der Waals surface area contributed by atoms with Gasteiger partial charge in [-0.2, -0.15) is 0 Å². The van der Waals surface area contributed by atoms with Crippen LogP contribution in [-0.2, 0) is 6.42 Å². The summed E-state index contributed by atoms with van der Waals surface area (Å²) in [6.07, 6.45) is 4.18. The molecule has 0 bridgehead atoms. The number of rotatable bonds is 7. The van der Waals surface area contributed by atoms with Crippen LogP contribution in [0.15, 0.2) is 60.2 Å². The number of aliphatic hydroxyl groups excluding tert-OH is 1. The van der Waals surface area contributed by atoms with Crippen molar-refractivity contribution in [3.05, 3.63) is 71.4 Å². The van der Waals surface area contributed by atoms with E-state index in [1.54, 1.807) is 30.7 Å². The van der Waals surface area contributed by atoms with Gasteiger partial charge in [0.25, 0.3) is 0 Å². The topological polar surface area (TPSA) is 97.0 Å². The number of aromatic nitrogens is 3. The van der Waals surface area contributed by atoms with E-state index in [1.165, 1.54) is 5.56 Å². The van der Waals surface area contributed by atoms with E-state index in [-0.39, 0.29) is 6.04 Å². The Balaban J connectivity index is 1.64. The number of hydrogen-bond donors (Lipinski definition) is 3. The average molecular weight is 444 g/mol. The van der Waals surface area contributed by atoms with Crippen LogP contribution >= 0.6 is 11.3 Å². The number of benzene rings is 1. The van der Waals surface area contributed by atoms with Gasteiger partial charge in [-0.15, -0.1) is 11.3 Å². The quantitative estimate of drug-likeness (QED) is 0.375. The van der Waals surface area contributed by atoms with E-state index in [1.807, 2.05) is 35.7 Å². The Bertz CT molecular complexity index is 1230. The minimum atomic E-state index is -0.460. The first-order chi connectivity index (χ1) is 15.6. The van der Waals surface area contributed by atoms with Gasteiger partial charge < -0.3 is 16.2 Å². The molecule has 32 heavy (non-hydrogen) atoms. The van der Waals surface area contributed by atoms with Gasteiger partial charge in [0, 0.05) is 42.3 Å². The second-order valence-corrected chi connectivity index (χ2v) is 8.52. The number of thiophene rings is 1. The second-order valence-electron chi connectivity index (χ2n) is 7.64. The summed E-state index contributed by atoms with van der Waals surface area (Å²) >= 11 is 1.55. The first-order valence-electron chi connectivity index (χ1n) is 10.5. The van der Waals surface area contributed by atoms with Crippen LogP contribution in [0.1, 0.15) is 24.5 Å². The molecule has 0 aliphatic heterocycles. The molecule has 2 atom stereocenters. The maximum absolute atomic E-state index is 9.51. The Labute approximate surface area is 191 Å². The molecular formula is C25H25N5OS. The number of nitrogens with one attached hydrogen (secondary N) is 1. The minimum Gasteiger partial charge on any atom is -0.392 e. The molecule has 0 spiro atoms. The monoisotopic (exact) mass is 443 g/mol. The second kappa shape index (κ2) is 10.3. The molecule has 4 aromatic rings. The van der Waals surface area contributed by atoms with E-state index < -0.39 is 6.10 Å². The van der Waals surface area contributed by atoms with E-state index >= 15 is 0 Å². The van der Waals surface area contributed by atoms with Gasteiger partial charge in [-0.3, -0.25) is 4.98 Å². The predicted octanol–water partition coefficient (Wildman–Crippen LogP) is 3.86. The Morgan fingerprint density at radius 1 is 1.12 bits per heavy atom. The van der Waals surface area contributed by atoms with Crippen molar-refractivity contribution < 1.29 is 5.11 Å². The van der Waals surface area contributed by atoms with Gasteiger partial charge in [-0.05, 0) is 31.0 Å². The first kappa shape index (κ1) is 21.9. The highest BCUT2D eigenvalue weighted by atomic mass is 32.1. The van der Waals surface area contributed by atoms with Crippen LogP contribution in [0.2, 0.25) is 0 Å². The SMILES string of the molecule is C[C@H](O)CC#Cc1csc2c(NC[C@H](N)Cc3ccccc3)nc(-c3ccncc3)nc12. The summed E-state index contributed by atoms with van der Waals surface area (Å²) in [5, 5.41) is 14.9. The third-order valence-corrected chi connectivity index (χ3v) is 5.82. The van der Waals surface area contributed by atoms with Crippen molar-refractivity contribution >= 4 is 27.4 Å². The smallest absolute Gasteiger partial charge is 0.162 e. The lowest BCUT2D eigenvalue weighted by Gasteiger charge is -2.14. The molecule has 3 heterocycles. The Morgan fingerprint density at radius 3 is 2.66 bits per heavy atom. The summed E-state index contributed by atoms with van der Waals surface area (Å²) in [5.74, 6) is 7.54. The van der Waals surface area contributed by atoms with Crippen LogP contribution in [0.25, 0.3) is 21.6 Å². The average Bonchev–Trinajstić information content (AvgIpc) is 3.21. The van der Waals surface area contributed by atoms with Crippen LogP contribution in [0.4, 0.5) is 5.82 Å². The minimum absolute atomic E-state index is 0.0583. The van der Waals surface area contributed by atoms with Crippen molar-refractivity contribution in [1.29, 1.82) is 0 Å². The third-order valence-electron chi connectivity index (χ3n) is 4.85. The molecule has 0 aliphatic rings. The molecule has 162 valence electrons. The lowest BCUT2D eigenvalue weighted by atomic mass is 10.1. The van der Waals surface area contributed by atoms with Crippen molar-refractivity contribution in [3.8, 4) is 23.2 Å². The molecule has 4 rings (SSSR count). The zero-order valence-electron chi connectivity index (χ0n) is 17.8. The highest BCUT2D eigenvalue weighted by Crippen LogP contribution is 2.32. The number of anilines is 1. The fourth-order valence-corrected chi connectivity index (χ4v) is 4.17. The highest BCUT2D eigenvalue weighted by molar-refractivity contribution is 7.18. The van der Waals surface area contributed by atoms with E-state index in [4.69, 9.17) is 15.7 Å². The van der Waals surface area contributed by atoms with Crippen LogP contribution < -0.4 is 11.1 Å². The van der Waals surface area contributed by atoms with Crippen molar-refractivity contribution in [2.45, 2.75) is 31.9 Å². The van der Waals surface area contributed by atoms with Gasteiger partial charge in [0.15, 0.2) is 5.82 Å². The summed E-state index contributed by atoms with van der Waals surface area (Å²) in [6.45, 7) is 2.31. The van der Waals surface area contributed by atoms with Crippen molar-refractivity contribution in [3.63, 3.8) is 0 Å². The predicted molar refractivity (Wildman–Crippen MR) is 130 cm³/mol. The highest BCUT2D eigenvalue weighted by Gasteiger charge is 2.15. The number of nitrogens with two attached hydrogens (primary N) is 1. The van der Waals surface area contributed by atoms with Crippen LogP contribution in [0, 0.1) is 11.8 Å². The summed E-state index contributed by atoms with van der Waals surface area (Å²) in [6, 6.07) is 13.9. The van der Waals surface area contributed by atoms with Crippen LogP contribution in [0.5, 0.6) is 0 Å². The zero-order valence-corrected chi connectivity index (χ0v) is 18.6. The van der Waals surface area contributed by atoms with E-state index in [2.05, 4.69) is 34.3 Å². The molecule has 0 amide bonds. The molecule has 0 radical (unpaired) electrons. The summed E-state index contributed by atoms with van der Waals surface area (Å²) in [7, 11) is 0. The summed E-state index contributed by atoms with van der Waals surface area (Å²) in [5.41, 5.74) is 10.1. The normalized spacial score (nSPS) is 12.7. The molecule has 0 unspecified atom stereocenters. The summed E-state index contributed by atoms with van der Waals surface area (Å²) in [4.78, 5) is 13.7. The lowest BCUT2D eigenvalue weighted by molar-refractivity contribution is 0.201. The standard InChI is InChI=1S/C25H25N5OS/c1-17(31)6-5-9-20-16-32-23-22(20)29-24(19-10-12-27-13-11-19)30-25(23)28-15-21(26)14-18-7-3-2-4-8-18/h2-4,7-8,10-13,16-17,21,31H,6,14-15,26H2,1H3,(H,28,29,30)/t17-,21+/m0/s1. The number of fused-ring (bicyclic) bond motifs is 1. The maximum Gasteiger partial charge on any atom is 0.162 e. The molecule has 3 aromatic heterocycles. The lowest BCUT2D eigenvalue weighted by Crippen LogP contribution is -2.31. The fraction of sp³-hybridized carbons (Fsp3) is 0.240. The van der Waals surface area contributed by atoms with Crippen molar-refractivity contribution in [2.24, 2.45) is 5.73 Å². The maximum atomic E-state index is 9.51. The number of hydrogen-bond acceptors (Lipinski definition) is 7. The molecule has 1 aromatic carbocycles. The Hall–Kier alpha value is -3.31. The number of nitrogens with zero attached hydrogens (tertiary/aromatic N) is 3. The van der Waals surface area contributed by atoms with Gasteiger partial charge in [-0.25, -0.2) is 9.97 Å². The fourth-order valence-electron chi connectivity index (χ4n) is 3.27. The molecule has 7 heteroatoms. The molecule has 0 fully saturated rings. The molecule has 0 saturated carbocycles. The van der Waals surface area contributed by atoms with E-state index in [0.29, 0.717) is 18.8 Å². The first-order valence-corrected chi connectivity index (χ1v) is 11.4. The third kappa shape index (κ3) is 5.48. The van der Waals surface area contributed by atoms with Crippen molar-refractivity contribution in [2.75, 3.05) is 11.9 Å². The molecule has 0 aliphatic carbocycles. The number of pyridine rings is 1. The number of aliphatic hydroxyl groups is 1. The van der Waals surface area contributed by atoms with E-state index in [0.717, 1.165) is 33.6 Å². The van der Waals surface area contributed by atoms with Crippen LogP contribution in [-0.4, -0.2) is 38.7 Å². The Kier molecular flexibility index (Phi) is 7.07. The van der Waals surface area contributed by atoms with E-state index in [9.17, 15) is 5.11 Å². The van der Waals surface area contributed by atoms with Gasteiger partial charge in [-0.1, -0.05) is 42.2 Å². The van der Waals surface area contributed by atoms with Gasteiger partial charge >= 0.3 is 0 Å². The zero-order chi connectivity index (χ0) is 22.3. The largest absolute Gasteiger partial charge is 0.392 e. The Morgan fingerprint density at radius 2 is 1.91 bits per heavy atom. The van der Waals surface area contributed by atoms with Gasteiger partial charge in [0.05, 0.1) is 16.4 Å². The summed E-state index contributed by atoms with van der Waals surface area (Å²) < 4.78 is 0.941. The van der Waals surface area contributed by atoms with Crippen molar-refractivity contribution in [1.82, 2.24) is 15.0 Å². The molecular weight excluding hydrogens is 418 g/mol. The van der Waals surface area contributed by atoms with Gasteiger partial charge in [0.2, 0.25) is 0 Å². The molecule has 0 saturated heterocycles. The van der Waals surface area contributed by atoms with Crippen LogP contribution in [0.3, 0.4) is 0 Å². The molecule has 4 N–H and O–H groups in total. The van der Waals surface area contributed by atoms with Gasteiger partial charge in [0.1, 0.15) is 11.3 Å². The molecule has 6 nitrogen and oxygen atoms in total.